The molecule has 8 nitrogen and oxygen atoms in total. The van der Waals surface area contributed by atoms with E-state index in [1.807, 2.05) is 24.3 Å². The molecule has 0 atom stereocenters. The van der Waals surface area contributed by atoms with Crippen LogP contribution in [0.5, 0.6) is 0 Å². The van der Waals surface area contributed by atoms with Crippen LogP contribution < -0.4 is 15.2 Å². The average Bonchev–Trinajstić information content (AvgIpc) is 3.25. The lowest BCUT2D eigenvalue weighted by atomic mass is 10.2. The summed E-state index contributed by atoms with van der Waals surface area (Å²) >= 11 is 2.29. The fourth-order valence-electron chi connectivity index (χ4n) is 3.11. The third kappa shape index (κ3) is 4.64. The monoisotopic (exact) mass is 479 g/mol. The highest BCUT2D eigenvalue weighted by Crippen LogP contribution is 2.21. The molecule has 0 spiro atoms. The molecule has 1 aromatic carbocycles. The van der Waals surface area contributed by atoms with E-state index in [1.54, 1.807) is 6.21 Å². The van der Waals surface area contributed by atoms with Gasteiger partial charge in [-0.15, -0.1) is 0 Å². The first kappa shape index (κ1) is 18.4. The summed E-state index contributed by atoms with van der Waals surface area (Å²) in [5.74, 6) is 1.87. The third-order valence-corrected chi connectivity index (χ3v) is 5.55. The van der Waals surface area contributed by atoms with Gasteiger partial charge in [-0.2, -0.15) is 20.1 Å². The lowest BCUT2D eigenvalue weighted by Gasteiger charge is -2.27. The maximum atomic E-state index is 5.44. The largest absolute Gasteiger partial charge is 0.378 e. The molecular weight excluding hydrogens is 457 g/mol. The number of aromatic nitrogens is 3. The number of ether oxygens (including phenoxy) is 1. The number of hydrazone groups is 1. The van der Waals surface area contributed by atoms with Crippen LogP contribution in [0.3, 0.4) is 0 Å². The second-order valence-electron chi connectivity index (χ2n) is 6.44. The molecule has 0 radical (unpaired) electrons. The van der Waals surface area contributed by atoms with Crippen LogP contribution in [0.4, 0.5) is 17.8 Å². The molecule has 4 rings (SSSR count). The van der Waals surface area contributed by atoms with Crippen molar-refractivity contribution in [3.05, 3.63) is 33.4 Å². The average molecular weight is 479 g/mol. The molecule has 0 bridgehead atoms. The summed E-state index contributed by atoms with van der Waals surface area (Å²) in [5, 5.41) is 4.33. The highest BCUT2D eigenvalue weighted by Gasteiger charge is 2.21. The minimum atomic E-state index is 0.468. The minimum Gasteiger partial charge on any atom is -0.378 e. The molecule has 2 aromatic rings. The first-order chi connectivity index (χ1) is 13.3. The standard InChI is InChI=1S/C18H22IN7O/c19-15-6-2-1-5-14(15)13-20-24-16-21-17(25-7-3-4-8-25)23-18(22-16)26-9-11-27-12-10-26/h1-2,5-6,13H,3-4,7-12H2,(H,21,22,23,24)/b20-13-. The Balaban J connectivity index is 1.56. The normalized spacial score (nSPS) is 17.7. The molecule has 2 aliphatic rings. The number of morpholine rings is 1. The van der Waals surface area contributed by atoms with Gasteiger partial charge >= 0.3 is 0 Å². The topological polar surface area (TPSA) is 78.8 Å². The van der Waals surface area contributed by atoms with Crippen LogP contribution in [0.2, 0.25) is 0 Å². The Morgan fingerprint density at radius 3 is 2.33 bits per heavy atom. The number of rotatable bonds is 5. The zero-order valence-corrected chi connectivity index (χ0v) is 17.2. The van der Waals surface area contributed by atoms with Gasteiger partial charge in [0.1, 0.15) is 0 Å². The number of hydrogen-bond acceptors (Lipinski definition) is 8. The minimum absolute atomic E-state index is 0.468. The van der Waals surface area contributed by atoms with Gasteiger partial charge in [-0.1, -0.05) is 18.2 Å². The molecule has 2 fully saturated rings. The highest BCUT2D eigenvalue weighted by atomic mass is 127. The summed E-state index contributed by atoms with van der Waals surface area (Å²) in [6.07, 6.45) is 4.13. The molecular formula is C18H22IN7O. The second-order valence-corrected chi connectivity index (χ2v) is 7.61. The van der Waals surface area contributed by atoms with Crippen LogP contribution in [0.1, 0.15) is 18.4 Å². The van der Waals surface area contributed by atoms with Crippen molar-refractivity contribution < 1.29 is 4.74 Å². The number of halogens is 1. The molecule has 27 heavy (non-hydrogen) atoms. The summed E-state index contributed by atoms with van der Waals surface area (Å²) in [7, 11) is 0. The highest BCUT2D eigenvalue weighted by molar-refractivity contribution is 14.1. The molecule has 2 aliphatic heterocycles. The summed E-state index contributed by atoms with van der Waals surface area (Å²) in [6, 6.07) is 8.08. The Hall–Kier alpha value is -2.01. The maximum absolute atomic E-state index is 5.44. The Labute approximate surface area is 172 Å². The fourth-order valence-corrected chi connectivity index (χ4v) is 3.63. The quantitative estimate of drug-likeness (QED) is 0.401. The van der Waals surface area contributed by atoms with Crippen molar-refractivity contribution in [1.82, 2.24) is 15.0 Å². The van der Waals surface area contributed by atoms with Gasteiger partial charge in [0.2, 0.25) is 17.8 Å². The van der Waals surface area contributed by atoms with Gasteiger partial charge in [0, 0.05) is 35.3 Å². The van der Waals surface area contributed by atoms with Crippen LogP contribution in [0, 0.1) is 3.57 Å². The summed E-state index contributed by atoms with van der Waals surface area (Å²) in [5.41, 5.74) is 4.03. The zero-order chi connectivity index (χ0) is 18.5. The first-order valence-electron chi connectivity index (χ1n) is 9.17. The van der Waals surface area contributed by atoms with E-state index in [9.17, 15) is 0 Å². The predicted molar refractivity (Wildman–Crippen MR) is 115 cm³/mol. The number of anilines is 3. The van der Waals surface area contributed by atoms with E-state index >= 15 is 0 Å². The molecule has 0 aliphatic carbocycles. The smallest absolute Gasteiger partial charge is 0.250 e. The molecule has 9 heteroatoms. The molecule has 2 saturated heterocycles. The van der Waals surface area contributed by atoms with E-state index < -0.39 is 0 Å². The van der Waals surface area contributed by atoms with Crippen molar-refractivity contribution in [3.8, 4) is 0 Å². The maximum Gasteiger partial charge on any atom is 0.250 e. The molecule has 0 amide bonds. The SMILES string of the molecule is Ic1ccccc1/C=N\Nc1nc(N2CCCC2)nc(N2CCOCC2)n1. The fraction of sp³-hybridized carbons (Fsp3) is 0.444. The van der Waals surface area contributed by atoms with E-state index in [0.29, 0.717) is 25.1 Å². The van der Waals surface area contributed by atoms with Gasteiger partial charge in [0.25, 0.3) is 0 Å². The summed E-state index contributed by atoms with van der Waals surface area (Å²) in [4.78, 5) is 18.2. The van der Waals surface area contributed by atoms with Gasteiger partial charge in [-0.25, -0.2) is 5.43 Å². The molecule has 0 unspecified atom stereocenters. The van der Waals surface area contributed by atoms with Crippen LogP contribution >= 0.6 is 22.6 Å². The van der Waals surface area contributed by atoms with Crippen molar-refractivity contribution in [2.24, 2.45) is 5.10 Å². The summed E-state index contributed by atoms with van der Waals surface area (Å²) in [6.45, 7) is 4.92. The Morgan fingerprint density at radius 1 is 0.963 bits per heavy atom. The van der Waals surface area contributed by atoms with Crippen molar-refractivity contribution >= 4 is 46.7 Å². The molecule has 0 saturated carbocycles. The molecule has 1 N–H and O–H groups in total. The van der Waals surface area contributed by atoms with Crippen molar-refractivity contribution in [2.75, 3.05) is 54.6 Å². The first-order valence-corrected chi connectivity index (χ1v) is 10.2. The van der Waals surface area contributed by atoms with E-state index in [1.165, 1.54) is 12.8 Å². The Kier molecular flexibility index (Phi) is 5.97. The van der Waals surface area contributed by atoms with E-state index in [-0.39, 0.29) is 0 Å². The van der Waals surface area contributed by atoms with E-state index in [0.717, 1.165) is 41.3 Å². The van der Waals surface area contributed by atoms with Crippen molar-refractivity contribution in [3.63, 3.8) is 0 Å². The van der Waals surface area contributed by atoms with Gasteiger partial charge in [0.05, 0.1) is 19.4 Å². The lowest BCUT2D eigenvalue weighted by molar-refractivity contribution is 0.122. The van der Waals surface area contributed by atoms with Crippen LogP contribution in [0.25, 0.3) is 0 Å². The predicted octanol–water partition coefficient (Wildman–Crippen LogP) is 2.36. The third-order valence-electron chi connectivity index (χ3n) is 4.57. The second kappa shape index (κ2) is 8.79. The van der Waals surface area contributed by atoms with Crippen molar-refractivity contribution in [2.45, 2.75) is 12.8 Å². The zero-order valence-electron chi connectivity index (χ0n) is 15.0. The number of benzene rings is 1. The van der Waals surface area contributed by atoms with Gasteiger partial charge in [0.15, 0.2) is 0 Å². The number of nitrogens with zero attached hydrogens (tertiary/aromatic N) is 6. The summed E-state index contributed by atoms with van der Waals surface area (Å²) < 4.78 is 6.59. The van der Waals surface area contributed by atoms with E-state index in [2.05, 4.69) is 52.9 Å². The lowest BCUT2D eigenvalue weighted by Crippen LogP contribution is -2.38. The molecule has 142 valence electrons. The number of nitrogens with one attached hydrogen (secondary N) is 1. The van der Waals surface area contributed by atoms with Gasteiger partial charge in [-0.05, 0) is 41.5 Å². The van der Waals surface area contributed by atoms with E-state index in [4.69, 9.17) is 9.72 Å². The number of hydrogen-bond donors (Lipinski definition) is 1. The molecule has 1 aromatic heterocycles. The van der Waals surface area contributed by atoms with Crippen molar-refractivity contribution in [1.29, 1.82) is 0 Å². The molecule has 3 heterocycles. The van der Waals surface area contributed by atoms with Crippen LogP contribution in [0.15, 0.2) is 29.4 Å². The van der Waals surface area contributed by atoms with Crippen LogP contribution in [-0.4, -0.2) is 60.6 Å². The Morgan fingerprint density at radius 2 is 1.63 bits per heavy atom. The van der Waals surface area contributed by atoms with Gasteiger partial charge in [-0.3, -0.25) is 0 Å². The van der Waals surface area contributed by atoms with Gasteiger partial charge < -0.3 is 14.5 Å². The Bertz CT molecular complexity index is 804. The van der Waals surface area contributed by atoms with Crippen LogP contribution in [-0.2, 0) is 4.74 Å².